The minimum atomic E-state index is -4.67. The van der Waals surface area contributed by atoms with E-state index in [1.165, 1.54) is 15.5 Å². The highest BCUT2D eigenvalue weighted by Crippen LogP contribution is 2.53. The van der Waals surface area contributed by atoms with Gasteiger partial charge in [-0.3, -0.25) is 67.0 Å². The Bertz CT molecular complexity index is 2940. The van der Waals surface area contributed by atoms with Crippen molar-refractivity contribution in [2.75, 3.05) is 37.1 Å². The molecule has 7 N–H and O–H groups in total. The molecule has 10 atom stereocenters. The molecule has 0 radical (unpaired) electrons. The fourth-order valence-electron chi connectivity index (χ4n) is 7.40. The zero-order valence-electron chi connectivity index (χ0n) is 40.4. The molecule has 31 heteroatoms. The summed E-state index contributed by atoms with van der Waals surface area (Å²) in [5, 5.41) is 41.3. The Labute approximate surface area is 407 Å². The van der Waals surface area contributed by atoms with Crippen molar-refractivity contribution in [3.05, 3.63) is 33.4 Å². The van der Waals surface area contributed by atoms with Gasteiger partial charge in [0.25, 0.3) is 11.1 Å². The first kappa shape index (κ1) is 53.7. The second kappa shape index (κ2) is 21.2. The molecule has 4 aromatic heterocycles. The number of rotatable bonds is 14. The van der Waals surface area contributed by atoms with Crippen LogP contribution in [-0.2, 0) is 50.7 Å². The van der Waals surface area contributed by atoms with Gasteiger partial charge >= 0.3 is 15.5 Å². The van der Waals surface area contributed by atoms with Crippen LogP contribution in [0, 0.1) is 34.5 Å². The molecule has 2 amide bonds. The number of aromatic amines is 2. The molecule has 0 spiro atoms. The molecular formula is C40H58N14O14P2Si. The van der Waals surface area contributed by atoms with Crippen LogP contribution < -0.4 is 31.9 Å². The highest BCUT2D eigenvalue weighted by Gasteiger charge is 2.56. The molecule has 7 rings (SSSR count). The molecule has 0 aromatic carbocycles. The minimum absolute atomic E-state index is 0.0349. The normalized spacial score (nSPS) is 28.5. The predicted octanol–water partition coefficient (Wildman–Crippen LogP) is 3.03. The SMILES string of the molecule is CC(C)C(=O)Nc1nc2c(ncn2[C@@H]2O[C@@H]3COP(=O)(OCCC#N)N[C@H]4[C@@H](O[Si](C)(C)C(C)(C)C)[C@H](n5cnc6c(=O)[nH]c(NC(=O)C(C)C)nc65)O[C@@H]4COP(=O)(OCCC#N)N[C@H]3[C@H]2O)c(=O)[nH]1. The largest absolute Gasteiger partial charge is 0.408 e. The summed E-state index contributed by atoms with van der Waals surface area (Å²) < 4.78 is 76.9. The van der Waals surface area contributed by atoms with E-state index in [0.717, 1.165) is 6.33 Å². The van der Waals surface area contributed by atoms with E-state index in [0.29, 0.717) is 0 Å². The van der Waals surface area contributed by atoms with E-state index in [9.17, 15) is 34.8 Å². The van der Waals surface area contributed by atoms with E-state index in [1.54, 1.807) is 27.7 Å². The van der Waals surface area contributed by atoms with Gasteiger partial charge in [-0.15, -0.1) is 0 Å². The number of nitrogens with zero attached hydrogens (tertiary/aromatic N) is 8. The average molecular weight is 1050 g/mol. The number of H-pyrrole nitrogens is 2. The smallest absolute Gasteiger partial charge is 0.406 e. The van der Waals surface area contributed by atoms with Crippen molar-refractivity contribution in [1.82, 2.24) is 49.2 Å². The van der Waals surface area contributed by atoms with Crippen molar-refractivity contribution in [2.45, 2.75) is 128 Å². The number of anilines is 2. The van der Waals surface area contributed by atoms with Crippen molar-refractivity contribution >= 4 is 69.8 Å². The van der Waals surface area contributed by atoms with Gasteiger partial charge in [0, 0.05) is 11.8 Å². The monoisotopic (exact) mass is 1050 g/mol. The Morgan fingerprint density at radius 2 is 1.25 bits per heavy atom. The number of ether oxygens (including phenoxy) is 2. The van der Waals surface area contributed by atoms with Crippen molar-refractivity contribution < 1.29 is 55.8 Å². The van der Waals surface area contributed by atoms with Gasteiger partial charge in [-0.1, -0.05) is 48.5 Å². The predicted molar refractivity (Wildman–Crippen MR) is 252 cm³/mol. The van der Waals surface area contributed by atoms with E-state index in [4.69, 9.17) is 32.0 Å². The number of imidazole rings is 2. The van der Waals surface area contributed by atoms with Crippen molar-refractivity contribution in [3.63, 3.8) is 0 Å². The van der Waals surface area contributed by atoms with Gasteiger partial charge in [-0.05, 0) is 18.1 Å². The van der Waals surface area contributed by atoms with Gasteiger partial charge in [0.15, 0.2) is 43.1 Å². The number of aliphatic hydroxyl groups is 1. The number of hydrogen-bond donors (Lipinski definition) is 7. The number of aliphatic hydroxyl groups excluding tert-OH is 1. The highest BCUT2D eigenvalue weighted by atomic mass is 31.2. The molecule has 4 aromatic rings. The number of nitriles is 2. The molecular weight excluding hydrogens is 991 g/mol. The lowest BCUT2D eigenvalue weighted by Gasteiger charge is -2.41. The van der Waals surface area contributed by atoms with Crippen molar-refractivity contribution in [2.24, 2.45) is 11.8 Å². The molecule has 3 aliphatic rings. The zero-order valence-corrected chi connectivity index (χ0v) is 43.2. The third-order valence-electron chi connectivity index (χ3n) is 12.3. The summed E-state index contributed by atoms with van der Waals surface area (Å²) in [6.45, 7) is 14.3. The number of amides is 2. The lowest BCUT2D eigenvalue weighted by atomic mass is 10.1. The summed E-state index contributed by atoms with van der Waals surface area (Å²) in [7, 11) is -12.2. The fraction of sp³-hybridized carbons (Fsp3) is 0.650. The first-order chi connectivity index (χ1) is 33.4. The second-order valence-corrected chi connectivity index (χ2v) is 27.4. The summed E-state index contributed by atoms with van der Waals surface area (Å²) in [6.07, 6.45) is -6.37. The van der Waals surface area contributed by atoms with Gasteiger partial charge in [0.2, 0.25) is 23.7 Å². The molecule has 3 saturated heterocycles. The van der Waals surface area contributed by atoms with Crippen LogP contribution >= 0.6 is 15.5 Å². The lowest BCUT2D eigenvalue weighted by molar-refractivity contribution is -0.119. The topological polar surface area (TPSA) is 376 Å². The molecule has 28 nitrogen and oxygen atoms in total. The molecule has 0 aliphatic carbocycles. The lowest BCUT2D eigenvalue weighted by Crippen LogP contribution is -2.53. The fourth-order valence-corrected chi connectivity index (χ4v) is 11.9. The summed E-state index contributed by atoms with van der Waals surface area (Å²) in [5.74, 6) is -2.22. The Morgan fingerprint density at radius 1 is 0.817 bits per heavy atom. The molecule has 3 fully saturated rings. The Morgan fingerprint density at radius 3 is 1.70 bits per heavy atom. The maximum Gasteiger partial charge on any atom is 0.406 e. The Kier molecular flexibility index (Phi) is 16.0. The van der Waals surface area contributed by atoms with Gasteiger partial charge in [0.1, 0.15) is 24.4 Å². The third kappa shape index (κ3) is 11.6. The van der Waals surface area contributed by atoms with Gasteiger partial charge < -0.3 is 19.0 Å². The number of fused-ring (bicyclic) bond motifs is 4. The van der Waals surface area contributed by atoms with Gasteiger partial charge in [0.05, 0.1) is 76.1 Å². The maximum atomic E-state index is 15.2. The van der Waals surface area contributed by atoms with E-state index >= 15 is 9.13 Å². The number of aromatic nitrogens is 8. The molecule has 0 bridgehead atoms. The van der Waals surface area contributed by atoms with Crippen LogP contribution in [-0.4, -0.2) is 127 Å². The summed E-state index contributed by atoms with van der Waals surface area (Å²) >= 11 is 0. The Balaban J connectivity index is 1.32. The first-order valence-electron chi connectivity index (χ1n) is 22.7. The quantitative estimate of drug-likeness (QED) is 0.0542. The van der Waals surface area contributed by atoms with Crippen LogP contribution in [0.15, 0.2) is 22.2 Å². The second-order valence-electron chi connectivity index (χ2n) is 19.1. The first-order valence-corrected chi connectivity index (χ1v) is 28.7. The highest BCUT2D eigenvalue weighted by molar-refractivity contribution is 7.52. The molecule has 3 aliphatic heterocycles. The average Bonchev–Trinajstić information content (AvgIpc) is 4.06. The van der Waals surface area contributed by atoms with Gasteiger partial charge in [-0.2, -0.15) is 20.5 Å². The third-order valence-corrected chi connectivity index (χ3v) is 20.0. The molecule has 7 heterocycles. The van der Waals surface area contributed by atoms with Gasteiger partial charge in [-0.25, -0.2) is 29.3 Å². The Hall–Kier alpha value is -5.10. The summed E-state index contributed by atoms with van der Waals surface area (Å²) in [6, 6.07) is 1.12. The van der Waals surface area contributed by atoms with Crippen LogP contribution in [0.4, 0.5) is 11.9 Å². The maximum absolute atomic E-state index is 15.2. The zero-order chi connectivity index (χ0) is 51.8. The van der Waals surface area contributed by atoms with E-state index in [2.05, 4.69) is 50.7 Å². The van der Waals surface area contributed by atoms with Crippen LogP contribution in [0.5, 0.6) is 0 Å². The van der Waals surface area contributed by atoms with Crippen LogP contribution in [0.1, 0.15) is 73.8 Å². The minimum Gasteiger partial charge on any atom is -0.408 e. The van der Waals surface area contributed by atoms with E-state index in [1.807, 2.05) is 46.0 Å². The van der Waals surface area contributed by atoms with Crippen LogP contribution in [0.25, 0.3) is 22.3 Å². The van der Waals surface area contributed by atoms with Crippen LogP contribution in [0.3, 0.4) is 0 Å². The number of carbonyl (C=O) groups excluding carboxylic acids is 2. The summed E-state index contributed by atoms with van der Waals surface area (Å²) in [5.41, 5.74) is -1.88. The van der Waals surface area contributed by atoms with E-state index < -0.39 is 139 Å². The molecule has 386 valence electrons. The summed E-state index contributed by atoms with van der Waals surface area (Å²) in [4.78, 5) is 74.1. The standard InChI is InChI=1S/C40H58N14O14P2Si/c1-20(2)32(56)47-38-45-30-26(34(58)49-38)43-18-53(30)36-28(55)24-22(66-36)16-64-70(61,63-15-11-13-42)52-25-23(17-65-69(60,51-24)62-14-10-12-41)67-37(29(25)68-71(8,9)40(5,6)7)54-19-44-27-31(54)46-39(50-35(27)59)48-33(57)21(3)4/h18-25,28-29,36-37,55H,10-11,14-17H2,1-9H3,(H,51,60)(H,52,61)(H2,45,47,49,56,58)(H2,46,48,50,57,59)/t22-,23-,24-,25-,28-,29-,36-,37-,69?,70?/m1/s1. The van der Waals surface area contributed by atoms with Crippen molar-refractivity contribution in [3.8, 4) is 12.1 Å². The molecule has 71 heavy (non-hydrogen) atoms. The molecule has 2 unspecified atom stereocenters. The van der Waals surface area contributed by atoms with Crippen LogP contribution in [0.2, 0.25) is 18.1 Å². The van der Waals surface area contributed by atoms with E-state index in [-0.39, 0.29) is 47.1 Å². The molecule has 0 saturated carbocycles. The number of nitrogens with one attached hydrogen (secondary N) is 6. The van der Waals surface area contributed by atoms with Crippen molar-refractivity contribution in [1.29, 1.82) is 10.5 Å². The number of carbonyl (C=O) groups is 2. The number of hydrogen-bond acceptors (Lipinski definition) is 20.